The van der Waals surface area contributed by atoms with Gasteiger partial charge in [-0.15, -0.1) is 21.5 Å². The molecule has 86 valence electrons. The highest BCUT2D eigenvalue weighted by Crippen LogP contribution is 2.22. The standard InChI is InChI=1S/C11H15N3OS/c1-2-6-12-7-5-10-13-14-11(15-10)9-4-3-8-16-9/h3-4,8,12H,2,5-7H2,1H3. The second kappa shape index (κ2) is 5.77. The molecule has 2 heterocycles. The molecule has 1 N–H and O–H groups in total. The highest BCUT2D eigenvalue weighted by Gasteiger charge is 2.08. The van der Waals surface area contributed by atoms with Gasteiger partial charge in [-0.1, -0.05) is 13.0 Å². The van der Waals surface area contributed by atoms with Gasteiger partial charge in [-0.3, -0.25) is 0 Å². The van der Waals surface area contributed by atoms with Gasteiger partial charge in [0.25, 0.3) is 5.89 Å². The summed E-state index contributed by atoms with van der Waals surface area (Å²) < 4.78 is 5.56. The van der Waals surface area contributed by atoms with Gasteiger partial charge in [-0.05, 0) is 24.4 Å². The Hall–Kier alpha value is -1.20. The van der Waals surface area contributed by atoms with Crippen LogP contribution in [0.1, 0.15) is 19.2 Å². The van der Waals surface area contributed by atoms with Crippen molar-refractivity contribution in [2.45, 2.75) is 19.8 Å². The predicted octanol–water partition coefficient (Wildman–Crippen LogP) is 2.34. The summed E-state index contributed by atoms with van der Waals surface area (Å²) in [5, 5.41) is 13.3. The Labute approximate surface area is 98.7 Å². The molecular formula is C11H15N3OS. The van der Waals surface area contributed by atoms with Crippen molar-refractivity contribution in [3.63, 3.8) is 0 Å². The second-order valence-electron chi connectivity index (χ2n) is 3.48. The molecule has 0 atom stereocenters. The average molecular weight is 237 g/mol. The molecule has 5 heteroatoms. The lowest BCUT2D eigenvalue weighted by Gasteiger charge is -1.98. The first kappa shape index (κ1) is 11.3. The molecule has 0 aliphatic carbocycles. The van der Waals surface area contributed by atoms with Gasteiger partial charge in [0.2, 0.25) is 5.89 Å². The molecule has 0 radical (unpaired) electrons. The molecular weight excluding hydrogens is 222 g/mol. The summed E-state index contributed by atoms with van der Waals surface area (Å²) >= 11 is 1.61. The lowest BCUT2D eigenvalue weighted by molar-refractivity contribution is 0.495. The van der Waals surface area contributed by atoms with Crippen LogP contribution in [0, 0.1) is 0 Å². The molecule has 4 nitrogen and oxygen atoms in total. The van der Waals surface area contributed by atoms with E-state index in [2.05, 4.69) is 22.4 Å². The monoisotopic (exact) mass is 237 g/mol. The summed E-state index contributed by atoms with van der Waals surface area (Å²) in [7, 11) is 0. The molecule has 0 aromatic carbocycles. The lowest BCUT2D eigenvalue weighted by atomic mass is 10.4. The maximum absolute atomic E-state index is 5.56. The van der Waals surface area contributed by atoms with Gasteiger partial charge in [-0.25, -0.2) is 0 Å². The third kappa shape index (κ3) is 2.90. The summed E-state index contributed by atoms with van der Waals surface area (Å²) in [5.41, 5.74) is 0. The summed E-state index contributed by atoms with van der Waals surface area (Å²) in [5.74, 6) is 1.33. The fourth-order valence-corrected chi connectivity index (χ4v) is 2.00. The predicted molar refractivity (Wildman–Crippen MR) is 64.5 cm³/mol. The van der Waals surface area contributed by atoms with E-state index in [1.807, 2.05) is 17.5 Å². The van der Waals surface area contributed by atoms with Gasteiger partial charge in [0.1, 0.15) is 0 Å². The summed E-state index contributed by atoms with van der Waals surface area (Å²) in [6.07, 6.45) is 1.93. The van der Waals surface area contributed by atoms with E-state index in [4.69, 9.17) is 4.42 Å². The zero-order chi connectivity index (χ0) is 11.2. The smallest absolute Gasteiger partial charge is 0.257 e. The Morgan fingerprint density at radius 1 is 1.38 bits per heavy atom. The molecule has 0 saturated heterocycles. The van der Waals surface area contributed by atoms with E-state index in [9.17, 15) is 0 Å². The van der Waals surface area contributed by atoms with Crippen LogP contribution in [0.15, 0.2) is 21.9 Å². The molecule has 0 saturated carbocycles. The van der Waals surface area contributed by atoms with E-state index in [1.54, 1.807) is 11.3 Å². The van der Waals surface area contributed by atoms with Crippen LogP contribution < -0.4 is 5.32 Å². The number of thiophene rings is 1. The van der Waals surface area contributed by atoms with E-state index in [1.165, 1.54) is 0 Å². The van der Waals surface area contributed by atoms with Crippen LogP contribution in [0.3, 0.4) is 0 Å². The van der Waals surface area contributed by atoms with E-state index in [0.717, 1.165) is 30.8 Å². The largest absolute Gasteiger partial charge is 0.420 e. The third-order valence-electron chi connectivity index (χ3n) is 2.14. The van der Waals surface area contributed by atoms with Crippen molar-refractivity contribution in [1.82, 2.24) is 15.5 Å². The zero-order valence-corrected chi connectivity index (χ0v) is 10.1. The summed E-state index contributed by atoms with van der Waals surface area (Å²) in [6.45, 7) is 4.07. The van der Waals surface area contributed by atoms with E-state index < -0.39 is 0 Å². The minimum atomic E-state index is 0.625. The van der Waals surface area contributed by atoms with Gasteiger partial charge in [0.15, 0.2) is 0 Å². The van der Waals surface area contributed by atoms with Gasteiger partial charge >= 0.3 is 0 Å². The van der Waals surface area contributed by atoms with E-state index in [0.29, 0.717) is 11.8 Å². The SMILES string of the molecule is CCCNCCc1nnc(-c2cccs2)o1. The van der Waals surface area contributed by atoms with Crippen molar-refractivity contribution in [1.29, 1.82) is 0 Å². The van der Waals surface area contributed by atoms with Crippen LogP contribution in [0.4, 0.5) is 0 Å². The zero-order valence-electron chi connectivity index (χ0n) is 9.27. The molecule has 0 fully saturated rings. The molecule has 0 amide bonds. The van der Waals surface area contributed by atoms with Crippen LogP contribution in [-0.4, -0.2) is 23.3 Å². The molecule has 0 aliphatic heterocycles. The number of rotatable bonds is 6. The Balaban J connectivity index is 1.88. The molecule has 0 aliphatic rings. The molecule has 16 heavy (non-hydrogen) atoms. The second-order valence-corrected chi connectivity index (χ2v) is 4.43. The maximum atomic E-state index is 5.56. The first-order valence-corrected chi connectivity index (χ1v) is 6.35. The van der Waals surface area contributed by atoms with Crippen molar-refractivity contribution in [3.05, 3.63) is 23.4 Å². The minimum Gasteiger partial charge on any atom is -0.420 e. The molecule has 2 rings (SSSR count). The van der Waals surface area contributed by atoms with Gasteiger partial charge in [0.05, 0.1) is 4.88 Å². The first-order chi connectivity index (χ1) is 7.90. The Morgan fingerprint density at radius 3 is 3.06 bits per heavy atom. The Morgan fingerprint density at radius 2 is 2.31 bits per heavy atom. The van der Waals surface area contributed by atoms with Crippen LogP contribution in [0.25, 0.3) is 10.8 Å². The van der Waals surface area contributed by atoms with Crippen LogP contribution in [-0.2, 0) is 6.42 Å². The molecule has 2 aromatic heterocycles. The number of nitrogens with zero attached hydrogens (tertiary/aromatic N) is 2. The topological polar surface area (TPSA) is 51.0 Å². The van der Waals surface area contributed by atoms with Gasteiger partial charge in [0, 0.05) is 13.0 Å². The summed E-state index contributed by atoms with van der Waals surface area (Å²) in [6, 6.07) is 3.96. The molecule has 0 bridgehead atoms. The third-order valence-corrected chi connectivity index (χ3v) is 3.00. The van der Waals surface area contributed by atoms with Gasteiger partial charge in [-0.2, -0.15) is 0 Å². The molecule has 0 spiro atoms. The number of hydrogen-bond acceptors (Lipinski definition) is 5. The van der Waals surface area contributed by atoms with Crippen LogP contribution in [0.2, 0.25) is 0 Å². The van der Waals surface area contributed by atoms with E-state index >= 15 is 0 Å². The van der Waals surface area contributed by atoms with Crippen LogP contribution in [0.5, 0.6) is 0 Å². The maximum Gasteiger partial charge on any atom is 0.257 e. The van der Waals surface area contributed by atoms with Gasteiger partial charge < -0.3 is 9.73 Å². The molecule has 2 aromatic rings. The van der Waals surface area contributed by atoms with E-state index in [-0.39, 0.29) is 0 Å². The van der Waals surface area contributed by atoms with Crippen molar-refractivity contribution >= 4 is 11.3 Å². The Bertz CT molecular complexity index is 411. The highest BCUT2D eigenvalue weighted by atomic mass is 32.1. The summed E-state index contributed by atoms with van der Waals surface area (Å²) in [4.78, 5) is 1.03. The van der Waals surface area contributed by atoms with Crippen molar-refractivity contribution in [3.8, 4) is 10.8 Å². The number of aromatic nitrogens is 2. The minimum absolute atomic E-state index is 0.625. The number of nitrogens with one attached hydrogen (secondary N) is 1. The Kier molecular flexibility index (Phi) is 4.07. The number of hydrogen-bond donors (Lipinski definition) is 1. The lowest BCUT2D eigenvalue weighted by Crippen LogP contribution is -2.17. The van der Waals surface area contributed by atoms with Crippen molar-refractivity contribution < 1.29 is 4.42 Å². The van der Waals surface area contributed by atoms with Crippen molar-refractivity contribution in [2.24, 2.45) is 0 Å². The molecule has 0 unspecified atom stereocenters. The fraction of sp³-hybridized carbons (Fsp3) is 0.455. The van der Waals surface area contributed by atoms with Crippen LogP contribution >= 0.6 is 11.3 Å². The fourth-order valence-electron chi connectivity index (χ4n) is 1.35. The highest BCUT2D eigenvalue weighted by molar-refractivity contribution is 7.13. The quantitative estimate of drug-likeness (QED) is 0.783. The average Bonchev–Trinajstić information content (AvgIpc) is 2.94. The normalized spacial score (nSPS) is 10.8. The first-order valence-electron chi connectivity index (χ1n) is 5.47. The van der Waals surface area contributed by atoms with Crippen molar-refractivity contribution in [2.75, 3.05) is 13.1 Å².